The molecule has 5 rings (SSSR count). The normalized spacial score (nSPS) is 14.1. The van der Waals surface area contributed by atoms with E-state index in [1.165, 1.54) is 0 Å². The number of fused-ring (bicyclic) bond motifs is 1. The first-order valence-corrected chi connectivity index (χ1v) is 9.50. The second kappa shape index (κ2) is 6.97. The summed E-state index contributed by atoms with van der Waals surface area (Å²) in [6.07, 6.45) is 0. The molecule has 5 nitrogen and oxygen atoms in total. The highest BCUT2D eigenvalue weighted by Gasteiger charge is 2.46. The Labute approximate surface area is 172 Å². The van der Waals surface area contributed by atoms with Crippen molar-refractivity contribution in [3.63, 3.8) is 0 Å². The number of nitrogens with zero attached hydrogens (tertiary/aromatic N) is 2. The first-order chi connectivity index (χ1) is 14.6. The molecule has 1 aliphatic heterocycles. The molecule has 4 aromatic rings. The molecule has 30 heavy (non-hydrogen) atoms. The van der Waals surface area contributed by atoms with Gasteiger partial charge < -0.3 is 0 Å². The summed E-state index contributed by atoms with van der Waals surface area (Å²) >= 11 is 0. The van der Waals surface area contributed by atoms with Crippen LogP contribution in [0, 0.1) is 0 Å². The van der Waals surface area contributed by atoms with Crippen molar-refractivity contribution in [2.24, 2.45) is 0 Å². The zero-order valence-corrected chi connectivity index (χ0v) is 15.9. The van der Waals surface area contributed by atoms with Crippen LogP contribution in [-0.4, -0.2) is 17.8 Å². The van der Waals surface area contributed by atoms with Gasteiger partial charge in [0, 0.05) is 0 Å². The predicted octanol–water partition coefficient (Wildman–Crippen LogP) is 5.01. The minimum atomic E-state index is -0.861. The van der Waals surface area contributed by atoms with E-state index in [2.05, 4.69) is 0 Å². The van der Waals surface area contributed by atoms with Crippen LogP contribution < -0.4 is 9.80 Å². The number of urea groups is 1. The Kier molecular flexibility index (Phi) is 4.14. The maximum Gasteiger partial charge on any atom is 0.343 e. The lowest BCUT2D eigenvalue weighted by atomic mass is 10.1. The second-order valence-corrected chi connectivity index (χ2v) is 7.01. The van der Waals surface area contributed by atoms with Gasteiger partial charge in [-0.15, -0.1) is 0 Å². The molecule has 0 aliphatic carbocycles. The molecule has 0 N–H and O–H groups in total. The lowest BCUT2D eigenvalue weighted by Crippen LogP contribution is -2.33. The number of carbonyl (C=O) groups is 3. The molecule has 1 saturated heterocycles. The van der Waals surface area contributed by atoms with Gasteiger partial charge in [-0.25, -0.2) is 14.6 Å². The zero-order chi connectivity index (χ0) is 20.7. The van der Waals surface area contributed by atoms with Crippen LogP contribution in [0.1, 0.15) is 0 Å². The van der Waals surface area contributed by atoms with Crippen molar-refractivity contribution in [1.29, 1.82) is 0 Å². The average molecular weight is 392 g/mol. The molecule has 4 amide bonds. The highest BCUT2D eigenvalue weighted by molar-refractivity contribution is 6.60. The van der Waals surface area contributed by atoms with E-state index in [0.717, 1.165) is 31.7 Å². The molecule has 0 unspecified atom stereocenters. The summed E-state index contributed by atoms with van der Waals surface area (Å²) in [5.41, 5.74) is 2.72. The van der Waals surface area contributed by atoms with Gasteiger partial charge in [-0.1, -0.05) is 72.8 Å². The van der Waals surface area contributed by atoms with E-state index in [4.69, 9.17) is 0 Å². The summed E-state index contributed by atoms with van der Waals surface area (Å²) in [6, 6.07) is 29.0. The van der Waals surface area contributed by atoms with Crippen LogP contribution in [0.15, 0.2) is 97.1 Å². The number of hydrogen-bond donors (Lipinski definition) is 0. The number of hydrogen-bond acceptors (Lipinski definition) is 3. The maximum atomic E-state index is 13.0. The first kappa shape index (κ1) is 17.8. The monoisotopic (exact) mass is 392 g/mol. The van der Waals surface area contributed by atoms with Crippen LogP contribution in [0.4, 0.5) is 16.2 Å². The lowest BCUT2D eigenvalue weighted by Gasteiger charge is -2.16. The Morgan fingerprint density at radius 2 is 1.00 bits per heavy atom. The fourth-order valence-corrected chi connectivity index (χ4v) is 3.67. The van der Waals surface area contributed by atoms with Crippen LogP contribution in [0.5, 0.6) is 0 Å². The van der Waals surface area contributed by atoms with E-state index >= 15 is 0 Å². The average Bonchev–Trinajstić information content (AvgIpc) is 3.02. The Bertz CT molecular complexity index is 1300. The topological polar surface area (TPSA) is 57.7 Å². The summed E-state index contributed by atoms with van der Waals surface area (Å²) in [6.45, 7) is 0. The van der Waals surface area contributed by atoms with Gasteiger partial charge in [-0.2, -0.15) is 0 Å². The van der Waals surface area contributed by atoms with E-state index in [1.54, 1.807) is 24.3 Å². The molecule has 1 aliphatic rings. The predicted molar refractivity (Wildman–Crippen MR) is 116 cm³/mol. The van der Waals surface area contributed by atoms with Crippen molar-refractivity contribution in [3.8, 4) is 11.1 Å². The van der Waals surface area contributed by atoms with Gasteiger partial charge in [0.05, 0.1) is 11.4 Å². The number of benzene rings is 4. The molecular weight excluding hydrogens is 376 g/mol. The van der Waals surface area contributed by atoms with E-state index in [1.807, 2.05) is 72.8 Å². The van der Waals surface area contributed by atoms with Crippen LogP contribution >= 0.6 is 0 Å². The highest BCUT2D eigenvalue weighted by Crippen LogP contribution is 2.30. The third kappa shape index (κ3) is 2.84. The number of anilines is 2. The van der Waals surface area contributed by atoms with Crippen LogP contribution in [-0.2, 0) is 9.59 Å². The quantitative estimate of drug-likeness (QED) is 0.364. The van der Waals surface area contributed by atoms with Gasteiger partial charge in [0.15, 0.2) is 0 Å². The lowest BCUT2D eigenvalue weighted by molar-refractivity contribution is -0.133. The van der Waals surface area contributed by atoms with E-state index in [-0.39, 0.29) is 0 Å². The summed E-state index contributed by atoms with van der Waals surface area (Å²) in [5, 5.41) is 1.87. The van der Waals surface area contributed by atoms with Crippen molar-refractivity contribution in [3.05, 3.63) is 97.1 Å². The Hall–Kier alpha value is -4.25. The highest BCUT2D eigenvalue weighted by atomic mass is 16.2. The molecule has 0 radical (unpaired) electrons. The van der Waals surface area contributed by atoms with E-state index < -0.39 is 17.8 Å². The molecule has 0 bridgehead atoms. The first-order valence-electron chi connectivity index (χ1n) is 9.50. The third-order valence-electron chi connectivity index (χ3n) is 5.20. The molecular formula is C25H16N2O3. The minimum absolute atomic E-state index is 0.362. The summed E-state index contributed by atoms with van der Waals surface area (Å²) in [5.74, 6) is -1.72. The number of rotatable bonds is 3. The standard InChI is InChI=1S/C25H16N2O3/c28-23-24(29)27(22-15-12-18-8-4-5-9-20(18)16-22)25(30)26(23)21-13-10-19(11-14-21)17-6-2-1-3-7-17/h1-16H. The number of amides is 4. The van der Waals surface area contributed by atoms with Crippen LogP contribution in [0.2, 0.25) is 0 Å². The third-order valence-corrected chi connectivity index (χ3v) is 5.20. The largest absolute Gasteiger partial charge is 0.343 e. The van der Waals surface area contributed by atoms with Gasteiger partial charge in [-0.3, -0.25) is 9.59 Å². The summed E-state index contributed by atoms with van der Waals surface area (Å²) < 4.78 is 0. The molecule has 1 heterocycles. The van der Waals surface area contributed by atoms with Gasteiger partial charge in [0.25, 0.3) is 0 Å². The molecule has 4 aromatic carbocycles. The molecule has 0 aromatic heterocycles. The molecule has 144 valence electrons. The van der Waals surface area contributed by atoms with Gasteiger partial charge in [0.2, 0.25) is 0 Å². The van der Waals surface area contributed by atoms with Crippen LogP contribution in [0.3, 0.4) is 0 Å². The van der Waals surface area contributed by atoms with Crippen molar-refractivity contribution in [2.45, 2.75) is 0 Å². The molecule has 0 saturated carbocycles. The Balaban J connectivity index is 1.49. The summed E-state index contributed by atoms with van der Waals surface area (Å²) in [4.78, 5) is 40.2. The SMILES string of the molecule is O=C1C(=O)N(c2ccc3ccccc3c2)C(=O)N1c1ccc(-c2ccccc2)cc1. The number of imide groups is 2. The second-order valence-electron chi connectivity index (χ2n) is 7.01. The van der Waals surface area contributed by atoms with Gasteiger partial charge >= 0.3 is 17.8 Å². The van der Waals surface area contributed by atoms with E-state index in [9.17, 15) is 14.4 Å². The van der Waals surface area contributed by atoms with Crippen LogP contribution in [0.25, 0.3) is 21.9 Å². The van der Waals surface area contributed by atoms with Gasteiger partial charge in [0.1, 0.15) is 0 Å². The maximum absolute atomic E-state index is 13.0. The Morgan fingerprint density at radius 3 is 1.70 bits per heavy atom. The van der Waals surface area contributed by atoms with Gasteiger partial charge in [-0.05, 0) is 46.2 Å². The summed E-state index contributed by atoms with van der Waals surface area (Å²) in [7, 11) is 0. The van der Waals surface area contributed by atoms with Crippen molar-refractivity contribution < 1.29 is 14.4 Å². The zero-order valence-electron chi connectivity index (χ0n) is 15.9. The smallest absolute Gasteiger partial charge is 0.262 e. The van der Waals surface area contributed by atoms with Crippen molar-refractivity contribution in [2.75, 3.05) is 9.80 Å². The van der Waals surface area contributed by atoms with Crippen molar-refractivity contribution >= 4 is 40.0 Å². The molecule has 0 spiro atoms. The molecule has 1 fully saturated rings. The number of carbonyl (C=O) groups excluding carboxylic acids is 3. The molecule has 0 atom stereocenters. The fraction of sp³-hybridized carbons (Fsp3) is 0. The molecule has 5 heteroatoms. The minimum Gasteiger partial charge on any atom is -0.262 e. The Morgan fingerprint density at radius 1 is 0.467 bits per heavy atom. The van der Waals surface area contributed by atoms with E-state index in [0.29, 0.717) is 11.4 Å². The fourth-order valence-electron chi connectivity index (χ4n) is 3.67. The van der Waals surface area contributed by atoms with Crippen molar-refractivity contribution in [1.82, 2.24) is 0 Å².